The molecule has 0 aromatic heterocycles. The number of rotatable bonds is 7. The predicted molar refractivity (Wildman–Crippen MR) is 136 cm³/mol. The Morgan fingerprint density at radius 3 is 2.71 bits per heavy atom. The molecule has 4 rings (SSSR count). The van der Waals surface area contributed by atoms with E-state index in [4.69, 9.17) is 9.47 Å². The highest BCUT2D eigenvalue weighted by molar-refractivity contribution is 14.1. The Morgan fingerprint density at radius 1 is 1.24 bits per heavy atom. The lowest BCUT2D eigenvalue weighted by Gasteiger charge is -2.38. The molecule has 34 heavy (non-hydrogen) atoms. The van der Waals surface area contributed by atoms with Crippen molar-refractivity contribution in [1.82, 2.24) is 10.4 Å². The number of halogens is 1. The van der Waals surface area contributed by atoms with Gasteiger partial charge < -0.3 is 19.9 Å². The van der Waals surface area contributed by atoms with Gasteiger partial charge in [-0.1, -0.05) is 24.8 Å². The second-order valence-corrected chi connectivity index (χ2v) is 8.62. The molecule has 174 valence electrons. The molecular formula is C25H22IN3O5. The van der Waals surface area contributed by atoms with Crippen molar-refractivity contribution in [1.29, 1.82) is 0 Å². The van der Waals surface area contributed by atoms with Crippen LogP contribution in [0.3, 0.4) is 0 Å². The predicted octanol–water partition coefficient (Wildman–Crippen LogP) is 4.48. The summed E-state index contributed by atoms with van der Waals surface area (Å²) in [5.74, 6) is -0.200. The van der Waals surface area contributed by atoms with Gasteiger partial charge in [-0.2, -0.15) is 0 Å². The van der Waals surface area contributed by atoms with Gasteiger partial charge in [0.25, 0.3) is 11.8 Å². The highest BCUT2D eigenvalue weighted by Gasteiger charge is 2.36. The smallest absolute Gasteiger partial charge is 0.276 e. The van der Waals surface area contributed by atoms with E-state index in [9.17, 15) is 14.7 Å². The van der Waals surface area contributed by atoms with Crippen LogP contribution in [-0.4, -0.2) is 35.6 Å². The van der Waals surface area contributed by atoms with Crippen LogP contribution >= 0.6 is 22.6 Å². The first-order chi connectivity index (χ1) is 16.4. The van der Waals surface area contributed by atoms with Crippen LogP contribution < -0.4 is 20.2 Å². The van der Waals surface area contributed by atoms with E-state index in [1.807, 2.05) is 6.07 Å². The Hall–Kier alpha value is -3.73. The second-order valence-electron chi connectivity index (χ2n) is 7.38. The topological polar surface area (TPSA) is 100 Å². The summed E-state index contributed by atoms with van der Waals surface area (Å²) < 4.78 is 11.5. The van der Waals surface area contributed by atoms with E-state index < -0.39 is 18.0 Å². The molecule has 0 saturated heterocycles. The number of hydrogen-bond donors (Lipinski definition) is 3. The van der Waals surface area contributed by atoms with Gasteiger partial charge in [-0.3, -0.25) is 15.0 Å². The third-order valence-corrected chi connectivity index (χ3v) is 5.90. The van der Waals surface area contributed by atoms with E-state index in [0.717, 1.165) is 3.57 Å². The molecule has 0 fully saturated rings. The average molecular weight is 571 g/mol. The number of nitrogens with zero attached hydrogens (tertiary/aromatic N) is 1. The van der Waals surface area contributed by atoms with Crippen molar-refractivity contribution >= 4 is 40.1 Å². The third kappa shape index (κ3) is 4.65. The van der Waals surface area contributed by atoms with Crippen LogP contribution in [0.15, 0.2) is 73.3 Å². The number of benzene rings is 3. The van der Waals surface area contributed by atoms with Crippen molar-refractivity contribution in [3.8, 4) is 17.2 Å². The minimum atomic E-state index is -0.880. The molecule has 1 atom stereocenters. The van der Waals surface area contributed by atoms with Gasteiger partial charge in [0.05, 0.1) is 12.7 Å². The average Bonchev–Trinajstić information content (AvgIpc) is 2.85. The number of fused-ring (bicyclic) bond motifs is 1. The molecule has 8 nitrogen and oxygen atoms in total. The molecule has 3 aromatic rings. The van der Waals surface area contributed by atoms with Gasteiger partial charge in [-0.25, -0.2) is 5.01 Å². The van der Waals surface area contributed by atoms with Crippen LogP contribution in [0.4, 0.5) is 5.69 Å². The van der Waals surface area contributed by atoms with Crippen molar-refractivity contribution in [3.63, 3.8) is 0 Å². The quantitative estimate of drug-likeness (QED) is 0.286. The van der Waals surface area contributed by atoms with E-state index in [1.54, 1.807) is 60.7 Å². The van der Waals surface area contributed by atoms with Crippen LogP contribution in [0.25, 0.3) is 0 Å². The molecule has 1 aliphatic heterocycles. The van der Waals surface area contributed by atoms with Gasteiger partial charge in [-0.15, -0.1) is 0 Å². The summed E-state index contributed by atoms with van der Waals surface area (Å²) in [6.07, 6.45) is 0.747. The molecule has 1 heterocycles. The molecule has 1 aliphatic rings. The zero-order valence-electron chi connectivity index (χ0n) is 18.2. The monoisotopic (exact) mass is 571 g/mol. The second kappa shape index (κ2) is 10.0. The normalized spacial score (nSPS) is 14.6. The molecular weight excluding hydrogens is 549 g/mol. The van der Waals surface area contributed by atoms with Crippen LogP contribution in [0.1, 0.15) is 32.4 Å². The molecule has 3 N–H and O–H groups in total. The van der Waals surface area contributed by atoms with E-state index >= 15 is 0 Å². The Kier molecular flexibility index (Phi) is 6.92. The summed E-state index contributed by atoms with van der Waals surface area (Å²) in [4.78, 5) is 26.6. The fourth-order valence-electron chi connectivity index (χ4n) is 3.57. The fourth-order valence-corrected chi connectivity index (χ4v) is 4.06. The largest absolute Gasteiger partial charge is 0.504 e. The lowest BCUT2D eigenvalue weighted by atomic mass is 10.0. The SMILES string of the molecule is C=CCOc1ccc(C(=O)NN2C(=O)c3cc(I)ccc3NC2c2cccc(OC)c2O)cc1. The summed E-state index contributed by atoms with van der Waals surface area (Å²) >= 11 is 2.12. The summed E-state index contributed by atoms with van der Waals surface area (Å²) in [5, 5.41) is 15.2. The maximum Gasteiger partial charge on any atom is 0.276 e. The van der Waals surface area contributed by atoms with Gasteiger partial charge in [0.1, 0.15) is 12.4 Å². The lowest BCUT2D eigenvalue weighted by molar-refractivity contribution is 0.0488. The van der Waals surface area contributed by atoms with Gasteiger partial charge in [-0.05, 0) is 71.1 Å². The number of phenolic OH excluding ortho intramolecular Hbond substituents is 1. The van der Waals surface area contributed by atoms with E-state index in [2.05, 4.69) is 39.9 Å². The van der Waals surface area contributed by atoms with Gasteiger partial charge >= 0.3 is 0 Å². The summed E-state index contributed by atoms with van der Waals surface area (Å²) in [6.45, 7) is 3.96. The van der Waals surface area contributed by atoms with Crippen LogP contribution in [0.5, 0.6) is 17.2 Å². The zero-order chi connectivity index (χ0) is 24.2. The first kappa shape index (κ1) is 23.4. The van der Waals surface area contributed by atoms with Crippen molar-refractivity contribution in [2.45, 2.75) is 6.17 Å². The third-order valence-electron chi connectivity index (χ3n) is 5.23. The number of anilines is 1. The van der Waals surface area contributed by atoms with Crippen LogP contribution in [0.2, 0.25) is 0 Å². The number of hydrazine groups is 1. The summed E-state index contributed by atoms with van der Waals surface area (Å²) in [5.41, 5.74) is 4.38. The van der Waals surface area contributed by atoms with Gasteiger partial charge in [0.15, 0.2) is 17.7 Å². The van der Waals surface area contributed by atoms with Crippen molar-refractivity contribution in [2.75, 3.05) is 19.0 Å². The number of carbonyl (C=O) groups is 2. The lowest BCUT2D eigenvalue weighted by Crippen LogP contribution is -2.52. The maximum atomic E-state index is 13.5. The highest BCUT2D eigenvalue weighted by Crippen LogP contribution is 2.39. The van der Waals surface area contributed by atoms with Gasteiger partial charge in [0.2, 0.25) is 0 Å². The molecule has 0 radical (unpaired) electrons. The summed E-state index contributed by atoms with van der Waals surface area (Å²) in [7, 11) is 1.44. The van der Waals surface area contributed by atoms with E-state index in [-0.39, 0.29) is 11.5 Å². The number of amides is 2. The minimum absolute atomic E-state index is 0.132. The molecule has 2 amide bonds. The number of para-hydroxylation sites is 1. The first-order valence-corrected chi connectivity index (χ1v) is 11.4. The number of methoxy groups -OCH3 is 1. The van der Waals surface area contributed by atoms with E-state index in [1.165, 1.54) is 12.1 Å². The Bertz CT molecular complexity index is 1250. The Morgan fingerprint density at radius 2 is 2.00 bits per heavy atom. The standard InChI is InChI=1S/C25H22IN3O5/c1-3-13-34-17-10-7-15(8-11-17)24(31)28-29-23(18-5-4-6-21(33-2)22(18)30)27-20-12-9-16(26)14-19(20)25(29)32/h3-12,14,23,27,30H,1,13H2,2H3,(H,28,31). The summed E-state index contributed by atoms with van der Waals surface area (Å²) in [6, 6.07) is 16.9. The fraction of sp³-hybridized carbons (Fsp3) is 0.120. The van der Waals surface area contributed by atoms with Crippen LogP contribution in [-0.2, 0) is 0 Å². The maximum absolute atomic E-state index is 13.5. The number of phenols is 1. The molecule has 1 unspecified atom stereocenters. The number of ether oxygens (including phenoxy) is 2. The number of carbonyl (C=O) groups excluding carboxylic acids is 2. The number of aromatic hydroxyl groups is 1. The molecule has 0 aliphatic carbocycles. The first-order valence-electron chi connectivity index (χ1n) is 10.3. The molecule has 9 heteroatoms. The minimum Gasteiger partial charge on any atom is -0.504 e. The molecule has 3 aromatic carbocycles. The molecule has 0 bridgehead atoms. The number of nitrogens with one attached hydrogen (secondary N) is 2. The highest BCUT2D eigenvalue weighted by atomic mass is 127. The Balaban J connectivity index is 1.69. The van der Waals surface area contributed by atoms with Gasteiger partial charge in [0, 0.05) is 20.4 Å². The van der Waals surface area contributed by atoms with Crippen molar-refractivity contribution in [2.24, 2.45) is 0 Å². The molecule has 0 saturated carbocycles. The van der Waals surface area contributed by atoms with Crippen molar-refractivity contribution < 1.29 is 24.2 Å². The Labute approximate surface area is 210 Å². The van der Waals surface area contributed by atoms with E-state index in [0.29, 0.717) is 34.7 Å². The zero-order valence-corrected chi connectivity index (χ0v) is 20.4. The number of hydrogen-bond acceptors (Lipinski definition) is 6. The van der Waals surface area contributed by atoms with Crippen LogP contribution in [0, 0.1) is 3.57 Å². The molecule has 0 spiro atoms. The van der Waals surface area contributed by atoms with Crippen molar-refractivity contribution in [3.05, 3.63) is 93.6 Å².